The van der Waals surface area contributed by atoms with Crippen LogP contribution in [0.1, 0.15) is 18.4 Å². The molecule has 1 amide bonds. The van der Waals surface area contributed by atoms with Gasteiger partial charge in [-0.05, 0) is 57.1 Å². The normalized spacial score (nSPS) is 15.3. The number of para-hydroxylation sites is 1. The van der Waals surface area contributed by atoms with Crippen LogP contribution in [-0.2, 0) is 11.8 Å². The van der Waals surface area contributed by atoms with E-state index in [9.17, 15) is 4.79 Å². The Morgan fingerprint density at radius 3 is 2.77 bits per heavy atom. The van der Waals surface area contributed by atoms with E-state index in [-0.39, 0.29) is 5.91 Å². The third-order valence-corrected chi connectivity index (χ3v) is 7.70. The molecular formula is C31H37N7O2. The molecule has 0 spiro atoms. The van der Waals surface area contributed by atoms with Gasteiger partial charge in [-0.15, -0.1) is 0 Å². The Hall–Kier alpha value is -4.37. The molecule has 2 aromatic carbocycles. The van der Waals surface area contributed by atoms with Gasteiger partial charge in [0.25, 0.3) is 0 Å². The Balaban J connectivity index is 1.51. The number of ether oxygens (including phenoxy) is 1. The largest absolute Gasteiger partial charge is 0.494 e. The third kappa shape index (κ3) is 5.37. The third-order valence-electron chi connectivity index (χ3n) is 7.70. The standard InChI is InChI=1S/C31H37N7O2/c1-7-29(39)33-24-15-25(28(40-6)16-27(24)37(4)18-21-11-10-14-36(21)3)34-31-32-17-20(2)30(35-31)23-19-38(5)26-13-9-8-12-22(23)26/h7-9,12-13,15-17,19,21H,1,10-11,14,18H2,2-6H3,(H,33,39)(H,32,34,35). The maximum absolute atomic E-state index is 12.4. The van der Waals surface area contributed by atoms with Crippen molar-refractivity contribution in [2.24, 2.45) is 7.05 Å². The Labute approximate surface area is 235 Å². The second-order valence-electron chi connectivity index (χ2n) is 10.4. The Morgan fingerprint density at radius 1 is 1.25 bits per heavy atom. The molecule has 9 heteroatoms. The molecule has 2 aromatic heterocycles. The summed E-state index contributed by atoms with van der Waals surface area (Å²) in [4.78, 5) is 26.4. The van der Waals surface area contributed by atoms with Crippen molar-refractivity contribution in [2.45, 2.75) is 25.8 Å². The first-order valence-corrected chi connectivity index (χ1v) is 13.5. The molecule has 1 atom stereocenters. The molecule has 3 heterocycles. The van der Waals surface area contributed by atoms with Crippen LogP contribution in [0.2, 0.25) is 0 Å². The van der Waals surface area contributed by atoms with Crippen LogP contribution in [-0.4, -0.2) is 65.7 Å². The van der Waals surface area contributed by atoms with Crippen molar-refractivity contribution < 1.29 is 9.53 Å². The highest BCUT2D eigenvalue weighted by atomic mass is 16.5. The second kappa shape index (κ2) is 11.4. The molecule has 9 nitrogen and oxygen atoms in total. The lowest BCUT2D eigenvalue weighted by molar-refractivity contribution is -0.111. The predicted octanol–water partition coefficient (Wildman–Crippen LogP) is 5.35. The van der Waals surface area contributed by atoms with Gasteiger partial charge in [0.1, 0.15) is 5.75 Å². The number of amides is 1. The van der Waals surface area contributed by atoms with Crippen molar-refractivity contribution in [2.75, 3.05) is 49.8 Å². The number of carbonyl (C=O) groups is 1. The van der Waals surface area contributed by atoms with Gasteiger partial charge in [-0.25, -0.2) is 9.97 Å². The van der Waals surface area contributed by atoms with E-state index in [1.165, 1.54) is 12.5 Å². The van der Waals surface area contributed by atoms with E-state index >= 15 is 0 Å². The van der Waals surface area contributed by atoms with Crippen molar-refractivity contribution in [1.29, 1.82) is 0 Å². The molecule has 1 aliphatic rings. The maximum atomic E-state index is 12.4. The highest BCUT2D eigenvalue weighted by Gasteiger charge is 2.24. The quantitative estimate of drug-likeness (QED) is 0.277. The van der Waals surface area contributed by atoms with Gasteiger partial charge in [0.2, 0.25) is 11.9 Å². The molecule has 0 bridgehead atoms. The number of methoxy groups -OCH3 is 1. The van der Waals surface area contributed by atoms with Gasteiger partial charge in [0.05, 0.1) is 29.9 Å². The fourth-order valence-electron chi connectivity index (χ4n) is 5.49. The number of fused-ring (bicyclic) bond motifs is 1. The van der Waals surface area contributed by atoms with Crippen LogP contribution in [0.3, 0.4) is 0 Å². The molecule has 40 heavy (non-hydrogen) atoms. The van der Waals surface area contributed by atoms with Crippen molar-refractivity contribution in [1.82, 2.24) is 19.4 Å². The van der Waals surface area contributed by atoms with Crippen LogP contribution in [0.25, 0.3) is 22.2 Å². The van der Waals surface area contributed by atoms with Crippen LogP contribution in [0.15, 0.2) is 61.4 Å². The van der Waals surface area contributed by atoms with Gasteiger partial charge in [0.15, 0.2) is 0 Å². The average molecular weight is 540 g/mol. The number of nitrogens with zero attached hydrogens (tertiary/aromatic N) is 5. The SMILES string of the molecule is C=CC(=O)Nc1cc(Nc2ncc(C)c(-c3cn(C)c4ccccc34)n2)c(OC)cc1N(C)CC1CCCN1C. The minimum absolute atomic E-state index is 0.284. The molecule has 1 fully saturated rings. The van der Waals surface area contributed by atoms with Gasteiger partial charge in [-0.2, -0.15) is 0 Å². The van der Waals surface area contributed by atoms with E-state index in [0.29, 0.717) is 29.1 Å². The molecule has 4 aromatic rings. The summed E-state index contributed by atoms with van der Waals surface area (Å²) in [7, 11) is 7.87. The maximum Gasteiger partial charge on any atom is 0.247 e. The number of anilines is 4. The highest BCUT2D eigenvalue weighted by Crippen LogP contribution is 2.39. The fraction of sp³-hybridized carbons (Fsp3) is 0.323. The molecule has 208 valence electrons. The number of benzene rings is 2. The zero-order chi connectivity index (χ0) is 28.4. The van der Waals surface area contributed by atoms with Crippen LogP contribution in [0, 0.1) is 6.92 Å². The Bertz CT molecular complexity index is 1560. The number of nitrogens with one attached hydrogen (secondary N) is 2. The van der Waals surface area contributed by atoms with Gasteiger partial charge < -0.3 is 29.7 Å². The van der Waals surface area contributed by atoms with Gasteiger partial charge in [0, 0.05) is 61.6 Å². The molecule has 1 unspecified atom stereocenters. The van der Waals surface area contributed by atoms with Crippen molar-refractivity contribution >= 4 is 39.8 Å². The smallest absolute Gasteiger partial charge is 0.247 e. The summed E-state index contributed by atoms with van der Waals surface area (Å²) in [6.45, 7) is 7.57. The van der Waals surface area contributed by atoms with Crippen LogP contribution in [0.5, 0.6) is 5.75 Å². The lowest BCUT2D eigenvalue weighted by Gasteiger charge is -2.29. The average Bonchev–Trinajstić information content (AvgIpc) is 3.51. The number of likely N-dealkylation sites (N-methyl/N-ethyl adjacent to an activating group) is 2. The van der Waals surface area contributed by atoms with E-state index in [0.717, 1.165) is 52.9 Å². The van der Waals surface area contributed by atoms with E-state index in [4.69, 9.17) is 9.72 Å². The summed E-state index contributed by atoms with van der Waals surface area (Å²) >= 11 is 0. The first-order chi connectivity index (χ1) is 19.3. The highest BCUT2D eigenvalue weighted by molar-refractivity contribution is 6.02. The Kier molecular flexibility index (Phi) is 7.75. The number of hydrogen-bond donors (Lipinski definition) is 2. The van der Waals surface area contributed by atoms with Crippen LogP contribution in [0.4, 0.5) is 23.0 Å². The second-order valence-corrected chi connectivity index (χ2v) is 10.4. The number of carbonyl (C=O) groups excluding carboxylic acids is 1. The van der Waals surface area contributed by atoms with Gasteiger partial charge in [-0.3, -0.25) is 4.79 Å². The van der Waals surface area contributed by atoms with E-state index in [2.05, 4.69) is 61.9 Å². The van der Waals surface area contributed by atoms with Crippen molar-refractivity contribution in [3.63, 3.8) is 0 Å². The number of aryl methyl sites for hydroxylation is 2. The summed E-state index contributed by atoms with van der Waals surface area (Å²) in [5.74, 6) is 0.768. The van der Waals surface area contributed by atoms with E-state index < -0.39 is 0 Å². The monoisotopic (exact) mass is 539 g/mol. The Morgan fingerprint density at radius 2 is 2.05 bits per heavy atom. The predicted molar refractivity (Wildman–Crippen MR) is 163 cm³/mol. The zero-order valence-corrected chi connectivity index (χ0v) is 23.9. The fourth-order valence-corrected chi connectivity index (χ4v) is 5.49. The minimum atomic E-state index is -0.284. The van der Waals surface area contributed by atoms with Crippen LogP contribution >= 0.6 is 0 Å². The molecule has 0 saturated carbocycles. The van der Waals surface area contributed by atoms with Gasteiger partial charge in [-0.1, -0.05) is 24.8 Å². The topological polar surface area (TPSA) is 87.5 Å². The summed E-state index contributed by atoms with van der Waals surface area (Å²) < 4.78 is 7.90. The summed E-state index contributed by atoms with van der Waals surface area (Å²) in [5, 5.41) is 7.44. The van der Waals surface area contributed by atoms with Crippen molar-refractivity contribution in [3.05, 3.63) is 67.0 Å². The number of hydrogen-bond acceptors (Lipinski definition) is 7. The first-order valence-electron chi connectivity index (χ1n) is 13.5. The molecule has 2 N–H and O–H groups in total. The summed E-state index contributed by atoms with van der Waals surface area (Å²) in [6, 6.07) is 12.5. The number of likely N-dealkylation sites (tertiary alicyclic amines) is 1. The van der Waals surface area contributed by atoms with E-state index in [1.54, 1.807) is 7.11 Å². The first kappa shape index (κ1) is 27.2. The van der Waals surface area contributed by atoms with Gasteiger partial charge >= 0.3 is 0 Å². The van der Waals surface area contributed by atoms with Crippen molar-refractivity contribution in [3.8, 4) is 17.0 Å². The molecule has 0 aliphatic carbocycles. The lowest BCUT2D eigenvalue weighted by Crippen LogP contribution is -2.37. The molecule has 5 rings (SSSR count). The summed E-state index contributed by atoms with van der Waals surface area (Å²) in [6.07, 6.45) is 7.53. The summed E-state index contributed by atoms with van der Waals surface area (Å²) in [5.41, 5.74) is 6.16. The minimum Gasteiger partial charge on any atom is -0.494 e. The number of rotatable bonds is 9. The molecule has 0 radical (unpaired) electrons. The molecule has 1 saturated heterocycles. The van der Waals surface area contributed by atoms with Crippen LogP contribution < -0.4 is 20.3 Å². The molecule has 1 aliphatic heterocycles. The number of aromatic nitrogens is 3. The van der Waals surface area contributed by atoms with E-state index in [1.807, 2.05) is 51.5 Å². The lowest BCUT2D eigenvalue weighted by atomic mass is 10.1. The molecular weight excluding hydrogens is 502 g/mol. The zero-order valence-electron chi connectivity index (χ0n) is 23.9.